The lowest BCUT2D eigenvalue weighted by Crippen LogP contribution is -1.97. The van der Waals surface area contributed by atoms with E-state index in [1.807, 2.05) is 13.0 Å². The molecule has 2 N–H and O–H groups in total. The Bertz CT molecular complexity index is 512. The lowest BCUT2D eigenvalue weighted by atomic mass is 10.4. The molecule has 0 amide bonds. The number of thioether (sulfide) groups is 1. The predicted molar refractivity (Wildman–Crippen MR) is 70.0 cm³/mol. The maximum Gasteiger partial charge on any atom is 0.190 e. The molecule has 88 valence electrons. The molecule has 0 aliphatic heterocycles. The van der Waals surface area contributed by atoms with Crippen LogP contribution in [-0.4, -0.2) is 15.0 Å². The molecular weight excluding hydrogens is 256 g/mol. The Kier molecular flexibility index (Phi) is 3.81. The lowest BCUT2D eigenvalue weighted by molar-refractivity contribution is 0.939. The van der Waals surface area contributed by atoms with E-state index in [1.54, 1.807) is 18.3 Å². The quantitative estimate of drug-likeness (QED) is 0.684. The molecule has 4 nitrogen and oxygen atoms in total. The summed E-state index contributed by atoms with van der Waals surface area (Å²) >= 11 is 7.36. The molecule has 0 aliphatic rings. The number of nitrogens with zero attached hydrogens (tertiary/aromatic N) is 3. The fraction of sp³-hybridized carbons (Fsp3) is 0.182. The zero-order valence-electron chi connectivity index (χ0n) is 9.22. The molecule has 0 radical (unpaired) electrons. The Morgan fingerprint density at radius 2 is 2.18 bits per heavy atom. The number of aryl methyl sites for hydroxylation is 1. The minimum atomic E-state index is 0.485. The van der Waals surface area contributed by atoms with Crippen LogP contribution in [0.3, 0.4) is 0 Å². The van der Waals surface area contributed by atoms with Crippen LogP contribution < -0.4 is 5.73 Å². The Morgan fingerprint density at radius 3 is 2.88 bits per heavy atom. The van der Waals surface area contributed by atoms with Crippen LogP contribution in [0.15, 0.2) is 29.6 Å². The fourth-order valence-electron chi connectivity index (χ4n) is 1.30. The largest absolute Gasteiger partial charge is 0.384 e. The van der Waals surface area contributed by atoms with Crippen molar-refractivity contribution < 1.29 is 0 Å². The van der Waals surface area contributed by atoms with Gasteiger partial charge < -0.3 is 5.73 Å². The Labute approximate surface area is 109 Å². The summed E-state index contributed by atoms with van der Waals surface area (Å²) in [6.07, 6.45) is 1.68. The van der Waals surface area contributed by atoms with Gasteiger partial charge in [-0.15, -0.1) is 0 Å². The number of halogens is 1. The van der Waals surface area contributed by atoms with E-state index in [9.17, 15) is 0 Å². The third kappa shape index (κ3) is 3.57. The molecule has 0 spiro atoms. The highest BCUT2D eigenvalue weighted by molar-refractivity contribution is 7.98. The zero-order chi connectivity index (χ0) is 12.3. The summed E-state index contributed by atoms with van der Waals surface area (Å²) in [6.45, 7) is 1.89. The molecular formula is C11H11ClN4S. The first-order valence-corrected chi connectivity index (χ1v) is 6.34. The second-order valence-electron chi connectivity index (χ2n) is 3.47. The van der Waals surface area contributed by atoms with E-state index in [0.29, 0.717) is 21.7 Å². The number of aromatic nitrogens is 3. The molecule has 2 heterocycles. The van der Waals surface area contributed by atoms with E-state index in [4.69, 9.17) is 17.3 Å². The maximum absolute atomic E-state index is 5.88. The van der Waals surface area contributed by atoms with Gasteiger partial charge in [0.2, 0.25) is 0 Å². The predicted octanol–water partition coefficient (Wildman–Crippen LogP) is 2.71. The first-order chi connectivity index (χ1) is 8.13. The third-order valence-electron chi connectivity index (χ3n) is 1.98. The van der Waals surface area contributed by atoms with Crippen molar-refractivity contribution in [2.45, 2.75) is 17.8 Å². The van der Waals surface area contributed by atoms with Gasteiger partial charge in [0.1, 0.15) is 5.82 Å². The summed E-state index contributed by atoms with van der Waals surface area (Å²) in [5.41, 5.74) is 7.41. The van der Waals surface area contributed by atoms with Gasteiger partial charge in [-0.3, -0.25) is 4.98 Å². The van der Waals surface area contributed by atoms with Crippen LogP contribution in [-0.2, 0) is 5.75 Å². The smallest absolute Gasteiger partial charge is 0.190 e. The first-order valence-electron chi connectivity index (χ1n) is 4.98. The SMILES string of the molecule is Cc1cc(N)nc(SCc2cc(Cl)ccn2)n1. The molecule has 0 fully saturated rings. The molecule has 0 aromatic carbocycles. The van der Waals surface area contributed by atoms with Gasteiger partial charge in [0.25, 0.3) is 0 Å². The highest BCUT2D eigenvalue weighted by Crippen LogP contribution is 2.20. The molecule has 0 saturated carbocycles. The third-order valence-corrected chi connectivity index (χ3v) is 3.10. The average molecular weight is 267 g/mol. The number of rotatable bonds is 3. The van der Waals surface area contributed by atoms with Gasteiger partial charge in [-0.2, -0.15) is 0 Å². The van der Waals surface area contributed by atoms with Crippen LogP contribution in [0.25, 0.3) is 0 Å². The molecule has 17 heavy (non-hydrogen) atoms. The summed E-state index contributed by atoms with van der Waals surface area (Å²) < 4.78 is 0. The number of hydrogen-bond acceptors (Lipinski definition) is 5. The molecule has 0 aliphatic carbocycles. The van der Waals surface area contributed by atoms with Gasteiger partial charge in [-0.05, 0) is 19.1 Å². The fourth-order valence-corrected chi connectivity index (χ4v) is 2.29. The van der Waals surface area contributed by atoms with Crippen LogP contribution in [0.4, 0.5) is 5.82 Å². The van der Waals surface area contributed by atoms with Crippen LogP contribution >= 0.6 is 23.4 Å². The number of pyridine rings is 1. The summed E-state index contributed by atoms with van der Waals surface area (Å²) in [5, 5.41) is 1.34. The molecule has 0 atom stereocenters. The second-order valence-corrected chi connectivity index (χ2v) is 4.85. The lowest BCUT2D eigenvalue weighted by Gasteiger charge is -2.02. The van der Waals surface area contributed by atoms with Gasteiger partial charge in [-0.1, -0.05) is 23.4 Å². The van der Waals surface area contributed by atoms with Gasteiger partial charge in [-0.25, -0.2) is 9.97 Å². The average Bonchev–Trinajstić information content (AvgIpc) is 2.25. The molecule has 0 bridgehead atoms. The summed E-state index contributed by atoms with van der Waals surface area (Å²) in [4.78, 5) is 12.6. The van der Waals surface area contributed by atoms with Gasteiger partial charge >= 0.3 is 0 Å². The number of nitrogens with two attached hydrogens (primary N) is 1. The number of anilines is 1. The van der Waals surface area contributed by atoms with Gasteiger partial charge in [0.05, 0.1) is 5.69 Å². The topological polar surface area (TPSA) is 64.7 Å². The summed E-state index contributed by atoms with van der Waals surface area (Å²) in [6, 6.07) is 5.31. The first kappa shape index (κ1) is 12.1. The Hall–Kier alpha value is -1.33. The van der Waals surface area contributed by atoms with Crippen molar-refractivity contribution >= 4 is 29.2 Å². The van der Waals surface area contributed by atoms with Crippen molar-refractivity contribution in [3.8, 4) is 0 Å². The van der Waals surface area contributed by atoms with Gasteiger partial charge in [0.15, 0.2) is 5.16 Å². The molecule has 2 rings (SSSR count). The van der Waals surface area contributed by atoms with Gasteiger partial charge in [0, 0.05) is 28.7 Å². The van der Waals surface area contributed by atoms with Crippen LogP contribution in [0.5, 0.6) is 0 Å². The maximum atomic E-state index is 5.88. The van der Waals surface area contributed by atoms with E-state index in [1.165, 1.54) is 11.8 Å². The number of hydrogen-bond donors (Lipinski definition) is 1. The van der Waals surface area contributed by atoms with Crippen molar-refractivity contribution in [1.82, 2.24) is 15.0 Å². The van der Waals surface area contributed by atoms with Crippen molar-refractivity contribution in [2.75, 3.05) is 5.73 Å². The minimum absolute atomic E-state index is 0.485. The molecule has 2 aromatic rings. The molecule has 6 heteroatoms. The van der Waals surface area contributed by atoms with E-state index >= 15 is 0 Å². The standard InChI is InChI=1S/C11H11ClN4S/c1-7-4-10(13)16-11(15-7)17-6-9-5-8(12)2-3-14-9/h2-5H,6H2,1H3,(H2,13,15,16). The van der Waals surface area contributed by atoms with E-state index in [2.05, 4.69) is 15.0 Å². The highest BCUT2D eigenvalue weighted by atomic mass is 35.5. The Balaban J connectivity index is 2.07. The molecule has 0 unspecified atom stereocenters. The van der Waals surface area contributed by atoms with Crippen LogP contribution in [0, 0.1) is 6.92 Å². The Morgan fingerprint density at radius 1 is 1.35 bits per heavy atom. The summed E-state index contributed by atoms with van der Waals surface area (Å²) in [7, 11) is 0. The van der Waals surface area contributed by atoms with Crippen molar-refractivity contribution in [2.24, 2.45) is 0 Å². The number of nitrogen functional groups attached to an aromatic ring is 1. The van der Waals surface area contributed by atoms with E-state index in [0.717, 1.165) is 11.4 Å². The molecule has 2 aromatic heterocycles. The normalized spacial score (nSPS) is 10.5. The second kappa shape index (κ2) is 5.33. The van der Waals surface area contributed by atoms with E-state index in [-0.39, 0.29) is 0 Å². The van der Waals surface area contributed by atoms with Crippen molar-refractivity contribution in [3.05, 3.63) is 40.8 Å². The monoisotopic (exact) mass is 266 g/mol. The van der Waals surface area contributed by atoms with Crippen molar-refractivity contribution in [3.63, 3.8) is 0 Å². The molecule has 0 saturated heterocycles. The van der Waals surface area contributed by atoms with E-state index < -0.39 is 0 Å². The zero-order valence-corrected chi connectivity index (χ0v) is 10.8. The minimum Gasteiger partial charge on any atom is -0.384 e. The van der Waals surface area contributed by atoms with Crippen molar-refractivity contribution in [1.29, 1.82) is 0 Å². The summed E-state index contributed by atoms with van der Waals surface area (Å²) in [5.74, 6) is 1.16. The van der Waals surface area contributed by atoms with Crippen LogP contribution in [0.1, 0.15) is 11.4 Å². The van der Waals surface area contributed by atoms with Crippen LogP contribution in [0.2, 0.25) is 5.02 Å². The highest BCUT2D eigenvalue weighted by Gasteiger charge is 2.03.